The van der Waals surface area contributed by atoms with Crippen molar-refractivity contribution in [3.05, 3.63) is 62.8 Å². The number of primary amides is 1. The third-order valence-corrected chi connectivity index (χ3v) is 7.70. The molecule has 1 aliphatic rings. The Balaban J connectivity index is 1.79. The van der Waals surface area contributed by atoms with Gasteiger partial charge in [0.25, 0.3) is 11.8 Å². The number of nitrogens with zero attached hydrogens (tertiary/aromatic N) is 2. The summed E-state index contributed by atoms with van der Waals surface area (Å²) in [7, 11) is 0. The van der Waals surface area contributed by atoms with E-state index in [-0.39, 0.29) is 28.2 Å². The summed E-state index contributed by atoms with van der Waals surface area (Å²) in [6.45, 7) is 1.92. The second-order valence-corrected chi connectivity index (χ2v) is 10.2. The fourth-order valence-corrected chi connectivity index (χ4v) is 5.80. The number of hydrogen-bond acceptors (Lipinski definition) is 7. The summed E-state index contributed by atoms with van der Waals surface area (Å²) in [4.78, 5) is 41.6. The Morgan fingerprint density at radius 3 is 2.53 bits per heavy atom. The lowest BCUT2D eigenvalue weighted by molar-refractivity contribution is -0.123. The van der Waals surface area contributed by atoms with Gasteiger partial charge in [-0.1, -0.05) is 37.5 Å². The van der Waals surface area contributed by atoms with E-state index in [0.29, 0.717) is 5.69 Å². The molecule has 4 rings (SSSR count). The van der Waals surface area contributed by atoms with Crippen molar-refractivity contribution in [2.45, 2.75) is 51.1 Å². The van der Waals surface area contributed by atoms with Gasteiger partial charge in [0.15, 0.2) is 11.7 Å². The highest BCUT2D eigenvalue weighted by molar-refractivity contribution is 7.10. The van der Waals surface area contributed by atoms with Crippen LogP contribution >= 0.6 is 22.9 Å². The van der Waals surface area contributed by atoms with Crippen LogP contribution < -0.4 is 21.7 Å². The van der Waals surface area contributed by atoms with Crippen LogP contribution in [0.2, 0.25) is 0 Å². The smallest absolute Gasteiger partial charge is 0.273 e. The molecule has 3 aromatic rings. The molecule has 2 heterocycles. The summed E-state index contributed by atoms with van der Waals surface area (Å²) in [5, 5.41) is 5.05. The lowest BCUT2D eigenvalue weighted by atomic mass is 9.95. The lowest BCUT2D eigenvalue weighted by Gasteiger charge is -2.32. The fraction of sp³-hybridized carbons (Fsp3) is 0.333. The van der Waals surface area contributed by atoms with Crippen molar-refractivity contribution in [1.29, 1.82) is 0 Å². The molecular weight excluding hydrogens is 470 g/mol. The van der Waals surface area contributed by atoms with Gasteiger partial charge in [0, 0.05) is 16.6 Å². The Bertz CT molecular complexity index is 1190. The monoisotopic (exact) mass is 497 g/mol. The van der Waals surface area contributed by atoms with Gasteiger partial charge in [-0.3, -0.25) is 19.3 Å². The molecule has 1 fully saturated rings. The highest BCUT2D eigenvalue weighted by atomic mass is 32.1. The molecule has 0 bridgehead atoms. The first-order valence-electron chi connectivity index (χ1n) is 11.2. The Labute approximate surface area is 206 Å². The first-order chi connectivity index (χ1) is 16.4. The average molecular weight is 498 g/mol. The number of nitrogens with two attached hydrogens (primary N) is 2. The molecule has 10 heteroatoms. The lowest BCUT2D eigenvalue weighted by Crippen LogP contribution is -2.47. The van der Waals surface area contributed by atoms with E-state index in [2.05, 4.69) is 9.69 Å². The summed E-state index contributed by atoms with van der Waals surface area (Å²) >= 11 is 2.21. The average Bonchev–Trinajstić information content (AvgIpc) is 3.47. The Hall–Kier alpha value is -3.24. The summed E-state index contributed by atoms with van der Waals surface area (Å²) in [6.07, 6.45) is 5.16. The zero-order chi connectivity index (χ0) is 24.2. The third-order valence-electron chi connectivity index (χ3n) is 5.93. The van der Waals surface area contributed by atoms with Gasteiger partial charge in [-0.2, -0.15) is 4.37 Å². The summed E-state index contributed by atoms with van der Waals surface area (Å²) in [5.74, 6) is -1.56. The molecule has 3 amide bonds. The van der Waals surface area contributed by atoms with Crippen molar-refractivity contribution < 1.29 is 14.4 Å². The van der Waals surface area contributed by atoms with E-state index in [9.17, 15) is 14.4 Å². The van der Waals surface area contributed by atoms with E-state index < -0.39 is 17.9 Å². The Morgan fingerprint density at radius 1 is 1.15 bits per heavy atom. The maximum absolute atomic E-state index is 13.9. The van der Waals surface area contributed by atoms with Crippen molar-refractivity contribution >= 4 is 52.0 Å². The Morgan fingerprint density at radius 2 is 1.91 bits per heavy atom. The van der Waals surface area contributed by atoms with Gasteiger partial charge in [-0.05, 0) is 60.4 Å². The number of anilines is 2. The van der Waals surface area contributed by atoms with Crippen molar-refractivity contribution in [1.82, 2.24) is 9.69 Å². The highest BCUT2D eigenvalue weighted by Gasteiger charge is 2.37. The first kappa shape index (κ1) is 23.9. The molecule has 1 unspecified atom stereocenters. The van der Waals surface area contributed by atoms with E-state index in [1.165, 1.54) is 22.7 Å². The second-order valence-electron chi connectivity index (χ2n) is 8.41. The van der Waals surface area contributed by atoms with Gasteiger partial charge in [-0.15, -0.1) is 11.3 Å². The quantitative estimate of drug-likeness (QED) is 0.453. The zero-order valence-corrected chi connectivity index (χ0v) is 20.5. The minimum atomic E-state index is -0.908. The highest BCUT2D eigenvalue weighted by Crippen LogP contribution is 2.35. The predicted octanol–water partition coefficient (Wildman–Crippen LogP) is 4.03. The Kier molecular flexibility index (Phi) is 7.28. The number of carbonyl (C=O) groups excluding carboxylic acids is 3. The first-order valence-corrected chi connectivity index (χ1v) is 12.8. The molecule has 178 valence electrons. The molecule has 1 aromatic carbocycles. The van der Waals surface area contributed by atoms with E-state index in [1.54, 1.807) is 6.07 Å². The molecule has 2 aromatic heterocycles. The van der Waals surface area contributed by atoms with E-state index in [0.717, 1.165) is 47.7 Å². The summed E-state index contributed by atoms with van der Waals surface area (Å²) in [6, 6.07) is 10.2. The number of thiophene rings is 1. The number of nitrogen functional groups attached to an aromatic ring is 1. The van der Waals surface area contributed by atoms with Crippen molar-refractivity contribution in [3.8, 4) is 0 Å². The van der Waals surface area contributed by atoms with Gasteiger partial charge in [-0.25, -0.2) is 0 Å². The summed E-state index contributed by atoms with van der Waals surface area (Å²) < 4.78 is 3.99. The second kappa shape index (κ2) is 10.4. The summed E-state index contributed by atoms with van der Waals surface area (Å²) in [5.41, 5.74) is 12.7. The van der Waals surface area contributed by atoms with E-state index >= 15 is 0 Å². The molecule has 5 N–H and O–H groups in total. The van der Waals surface area contributed by atoms with Crippen LogP contribution in [0.5, 0.6) is 0 Å². The van der Waals surface area contributed by atoms with Crippen LogP contribution in [-0.4, -0.2) is 28.1 Å². The van der Waals surface area contributed by atoms with Gasteiger partial charge in [0.2, 0.25) is 5.91 Å². The number of carbonyl (C=O) groups is 3. The van der Waals surface area contributed by atoms with Crippen LogP contribution in [-0.2, 0) is 4.79 Å². The normalized spacial score (nSPS) is 15.0. The standard InChI is InChI=1S/C24H27N5O3S2/c1-14-7-5-10-16(13-14)29(24(32)21-18(25)19(22(26)30)28-34-21)20(17-11-6-12-33-17)23(31)27-15-8-3-2-4-9-15/h5-7,10-13,15,20H,2-4,8-9,25H2,1H3,(H2,26,30)(H,27,31). The van der Waals surface area contributed by atoms with Crippen LogP contribution in [0.1, 0.15) is 68.7 Å². The molecule has 1 atom stereocenters. The molecule has 0 saturated heterocycles. The van der Waals surface area contributed by atoms with Crippen LogP contribution in [0.15, 0.2) is 41.8 Å². The van der Waals surface area contributed by atoms with Crippen molar-refractivity contribution in [3.63, 3.8) is 0 Å². The molecule has 1 saturated carbocycles. The van der Waals surface area contributed by atoms with Crippen LogP contribution in [0.4, 0.5) is 11.4 Å². The number of aryl methyl sites for hydroxylation is 1. The van der Waals surface area contributed by atoms with E-state index in [4.69, 9.17) is 11.5 Å². The molecule has 8 nitrogen and oxygen atoms in total. The van der Waals surface area contributed by atoms with Crippen LogP contribution in [0.3, 0.4) is 0 Å². The number of hydrogen-bond donors (Lipinski definition) is 3. The third kappa shape index (κ3) is 4.97. The number of nitrogens with one attached hydrogen (secondary N) is 1. The fourth-order valence-electron chi connectivity index (χ4n) is 4.25. The molecule has 0 radical (unpaired) electrons. The van der Waals surface area contributed by atoms with Crippen LogP contribution in [0, 0.1) is 6.92 Å². The maximum atomic E-state index is 13.9. The number of amides is 3. The number of rotatable bonds is 7. The SMILES string of the molecule is Cc1cccc(N(C(=O)c2snc(C(N)=O)c2N)C(C(=O)NC2CCCCC2)c2cccs2)c1. The van der Waals surface area contributed by atoms with Crippen molar-refractivity contribution in [2.75, 3.05) is 10.6 Å². The largest absolute Gasteiger partial charge is 0.395 e. The molecular formula is C24H27N5O3S2. The molecule has 34 heavy (non-hydrogen) atoms. The topological polar surface area (TPSA) is 131 Å². The number of benzene rings is 1. The minimum Gasteiger partial charge on any atom is -0.395 e. The predicted molar refractivity (Wildman–Crippen MR) is 135 cm³/mol. The maximum Gasteiger partial charge on any atom is 0.273 e. The minimum absolute atomic E-state index is 0.0715. The van der Waals surface area contributed by atoms with Crippen LogP contribution in [0.25, 0.3) is 0 Å². The van der Waals surface area contributed by atoms with Crippen molar-refractivity contribution in [2.24, 2.45) is 5.73 Å². The van der Waals surface area contributed by atoms with Gasteiger partial charge in [0.1, 0.15) is 4.88 Å². The van der Waals surface area contributed by atoms with Gasteiger partial charge >= 0.3 is 0 Å². The number of aromatic nitrogens is 1. The molecule has 1 aliphatic carbocycles. The molecule has 0 aliphatic heterocycles. The zero-order valence-electron chi connectivity index (χ0n) is 18.8. The van der Waals surface area contributed by atoms with Gasteiger partial charge < -0.3 is 16.8 Å². The van der Waals surface area contributed by atoms with Gasteiger partial charge in [0.05, 0.1) is 5.69 Å². The molecule has 0 spiro atoms. The van der Waals surface area contributed by atoms with E-state index in [1.807, 2.05) is 42.6 Å².